The van der Waals surface area contributed by atoms with Gasteiger partial charge in [0.15, 0.2) is 5.78 Å². The van der Waals surface area contributed by atoms with Crippen molar-refractivity contribution in [2.45, 2.75) is 22.7 Å². The topological polar surface area (TPSA) is 60.8 Å². The number of nitrogens with zero attached hydrogens (tertiary/aromatic N) is 1. The Morgan fingerprint density at radius 3 is 1.56 bits per heavy atom. The number of likely N-dealkylation sites (tertiary alicyclic amines) is 1. The van der Waals surface area contributed by atoms with E-state index in [9.17, 15) is 15.0 Å². The maximum absolute atomic E-state index is 14.6. The highest BCUT2D eigenvalue weighted by molar-refractivity contribution is 8.00. The Hall–Kier alpha value is -0.730. The third-order valence-corrected chi connectivity index (χ3v) is 10.8. The van der Waals surface area contributed by atoms with Gasteiger partial charge < -0.3 is 15.1 Å². The predicted octanol–water partition coefficient (Wildman–Crippen LogP) is 4.48. The number of thioether (sulfide) groups is 2. The van der Waals surface area contributed by atoms with Gasteiger partial charge in [-0.3, -0.25) is 4.79 Å². The van der Waals surface area contributed by atoms with Gasteiger partial charge in [0.1, 0.15) is 0 Å². The first-order valence-electron chi connectivity index (χ1n) is 10.6. The number of hydrogen-bond acceptors (Lipinski definition) is 6. The van der Waals surface area contributed by atoms with Gasteiger partial charge in [-0.15, -0.1) is 23.5 Å². The molecule has 170 valence electrons. The van der Waals surface area contributed by atoms with Crippen molar-refractivity contribution < 1.29 is 15.0 Å². The quantitative estimate of drug-likeness (QED) is 0.622. The summed E-state index contributed by atoms with van der Waals surface area (Å²) in [6.45, 7) is 0.916. The standard InChI is InChI=1S/C24H25Cl2NO3S2/c1-27-12-23(18(28)10-31-20(23)14-2-6-16(25)7-3-14)22(30)24(13-27)19(29)11-32-21(24)15-4-8-17(26)9-5-15/h2-9,18-21,28-29H,10-13H2,1H3/t18-,19+,20+,21-,23-,24+. The molecular weight excluding hydrogens is 485 g/mol. The molecule has 5 rings (SSSR count). The van der Waals surface area contributed by atoms with Gasteiger partial charge in [-0.2, -0.15) is 0 Å². The van der Waals surface area contributed by atoms with Crippen molar-refractivity contribution in [3.63, 3.8) is 0 Å². The minimum absolute atomic E-state index is 0.0157. The Balaban J connectivity index is 1.64. The van der Waals surface area contributed by atoms with Crippen LogP contribution in [0.2, 0.25) is 10.0 Å². The van der Waals surface area contributed by atoms with Crippen molar-refractivity contribution in [3.8, 4) is 0 Å². The Labute approximate surface area is 206 Å². The number of hydrogen-bond donors (Lipinski definition) is 2. The molecule has 8 heteroatoms. The average molecular weight is 511 g/mol. The molecule has 3 aliphatic heterocycles. The SMILES string of the molecule is CN1C[C@@]2(C(=O)[C@]3(C1)[C@H](O)CS[C@H]3c1ccc(Cl)cc1)[C@@H](c1ccc(Cl)cc1)SC[C@@H]2O. The van der Waals surface area contributed by atoms with Crippen LogP contribution in [0.3, 0.4) is 0 Å². The molecule has 32 heavy (non-hydrogen) atoms. The summed E-state index contributed by atoms with van der Waals surface area (Å²) in [7, 11) is 1.99. The molecule has 0 saturated carbocycles. The lowest BCUT2D eigenvalue weighted by atomic mass is 9.58. The van der Waals surface area contributed by atoms with Gasteiger partial charge in [0.25, 0.3) is 0 Å². The first kappa shape index (κ1) is 23.0. The number of halogens is 2. The highest BCUT2D eigenvalue weighted by Crippen LogP contribution is 2.64. The van der Waals surface area contributed by atoms with E-state index in [2.05, 4.69) is 4.90 Å². The van der Waals surface area contributed by atoms with Gasteiger partial charge in [0, 0.05) is 45.1 Å². The largest absolute Gasteiger partial charge is 0.391 e. The number of benzene rings is 2. The number of Topliss-reactive ketones (excluding diaryl/α,β-unsaturated/α-hetero) is 1. The zero-order valence-corrected chi connectivity index (χ0v) is 20.7. The molecule has 3 fully saturated rings. The van der Waals surface area contributed by atoms with Crippen molar-refractivity contribution in [1.29, 1.82) is 0 Å². The number of aliphatic hydroxyl groups is 2. The lowest BCUT2D eigenvalue weighted by Crippen LogP contribution is -2.66. The number of ketones is 1. The molecule has 2 aromatic rings. The fourth-order valence-corrected chi connectivity index (χ4v) is 9.39. The molecule has 3 heterocycles. The smallest absolute Gasteiger partial charge is 0.155 e. The molecule has 4 nitrogen and oxygen atoms in total. The zero-order chi connectivity index (χ0) is 22.7. The molecule has 0 aliphatic carbocycles. The Bertz CT molecular complexity index is 941. The molecule has 0 bridgehead atoms. The molecule has 2 spiro atoms. The minimum atomic E-state index is -0.998. The molecule has 0 unspecified atom stereocenters. The van der Waals surface area contributed by atoms with Gasteiger partial charge in [0.05, 0.1) is 23.0 Å². The lowest BCUT2D eigenvalue weighted by Gasteiger charge is -2.53. The van der Waals surface area contributed by atoms with Gasteiger partial charge >= 0.3 is 0 Å². The maximum atomic E-state index is 14.6. The van der Waals surface area contributed by atoms with Crippen molar-refractivity contribution >= 4 is 52.5 Å². The van der Waals surface area contributed by atoms with Crippen molar-refractivity contribution in [2.24, 2.45) is 10.8 Å². The number of piperidine rings is 1. The number of carbonyl (C=O) groups is 1. The van der Waals surface area contributed by atoms with E-state index in [0.717, 1.165) is 11.1 Å². The van der Waals surface area contributed by atoms with E-state index in [4.69, 9.17) is 23.2 Å². The van der Waals surface area contributed by atoms with Crippen LogP contribution in [0.4, 0.5) is 0 Å². The summed E-state index contributed by atoms with van der Waals surface area (Å²) in [5.41, 5.74) is -0.0275. The Morgan fingerprint density at radius 1 is 0.812 bits per heavy atom. The van der Waals surface area contributed by atoms with Gasteiger partial charge in [-0.25, -0.2) is 0 Å². The molecule has 3 saturated heterocycles. The predicted molar refractivity (Wildman–Crippen MR) is 133 cm³/mol. The summed E-state index contributed by atoms with van der Waals surface area (Å²) < 4.78 is 0. The van der Waals surface area contributed by atoms with Crippen LogP contribution in [-0.2, 0) is 4.79 Å². The number of carbonyl (C=O) groups excluding carboxylic acids is 1. The fourth-order valence-electron chi connectivity index (χ4n) is 5.82. The van der Waals surface area contributed by atoms with Crippen molar-refractivity contribution in [2.75, 3.05) is 31.6 Å². The normalized spacial score (nSPS) is 37.6. The summed E-state index contributed by atoms with van der Waals surface area (Å²) in [6.07, 6.45) is -1.58. The highest BCUT2D eigenvalue weighted by atomic mass is 35.5. The summed E-state index contributed by atoms with van der Waals surface area (Å²) in [6, 6.07) is 15.1. The second-order valence-electron chi connectivity index (χ2n) is 9.14. The van der Waals surface area contributed by atoms with E-state index in [0.29, 0.717) is 34.6 Å². The monoisotopic (exact) mass is 509 g/mol. The minimum Gasteiger partial charge on any atom is -0.391 e. The van der Waals surface area contributed by atoms with Crippen molar-refractivity contribution in [1.82, 2.24) is 4.90 Å². The summed E-state index contributed by atoms with van der Waals surface area (Å²) in [5.74, 6) is 0.952. The van der Waals surface area contributed by atoms with Crippen LogP contribution in [0.15, 0.2) is 48.5 Å². The third-order valence-electron chi connectivity index (χ3n) is 7.22. The van der Waals surface area contributed by atoms with E-state index in [1.165, 1.54) is 0 Å². The zero-order valence-electron chi connectivity index (χ0n) is 17.6. The summed E-state index contributed by atoms with van der Waals surface area (Å²) in [4.78, 5) is 16.7. The van der Waals surface area contributed by atoms with Crippen molar-refractivity contribution in [3.05, 3.63) is 69.7 Å². The molecule has 2 aromatic carbocycles. The summed E-state index contributed by atoms with van der Waals surface area (Å²) >= 11 is 15.5. The van der Waals surface area contributed by atoms with Crippen LogP contribution in [0.25, 0.3) is 0 Å². The van der Waals surface area contributed by atoms with Crippen LogP contribution >= 0.6 is 46.7 Å². The van der Waals surface area contributed by atoms with Gasteiger partial charge in [-0.05, 0) is 42.4 Å². The van der Waals surface area contributed by atoms with E-state index in [1.807, 2.05) is 55.6 Å². The van der Waals surface area contributed by atoms with E-state index in [1.54, 1.807) is 23.5 Å². The third kappa shape index (κ3) is 3.37. The lowest BCUT2D eigenvalue weighted by molar-refractivity contribution is -0.163. The first-order valence-corrected chi connectivity index (χ1v) is 13.5. The molecule has 6 atom stereocenters. The van der Waals surface area contributed by atoms with Crippen LogP contribution in [0.1, 0.15) is 21.6 Å². The maximum Gasteiger partial charge on any atom is 0.155 e. The van der Waals surface area contributed by atoms with Crippen LogP contribution in [0.5, 0.6) is 0 Å². The average Bonchev–Trinajstić information content (AvgIpc) is 3.26. The molecular formula is C24H25Cl2NO3S2. The highest BCUT2D eigenvalue weighted by Gasteiger charge is 2.69. The van der Waals surface area contributed by atoms with Crippen LogP contribution in [-0.4, -0.2) is 64.7 Å². The van der Waals surface area contributed by atoms with Gasteiger partial charge in [0.2, 0.25) is 0 Å². The fraction of sp³-hybridized carbons (Fsp3) is 0.458. The summed E-state index contributed by atoms with van der Waals surface area (Å²) in [5, 5.41) is 23.5. The van der Waals surface area contributed by atoms with Crippen LogP contribution in [0, 0.1) is 10.8 Å². The van der Waals surface area contributed by atoms with Crippen LogP contribution < -0.4 is 0 Å². The molecule has 2 N–H and O–H groups in total. The molecule has 0 amide bonds. The Kier molecular flexibility index (Phi) is 6.11. The second kappa shape index (κ2) is 8.49. The second-order valence-corrected chi connectivity index (χ2v) is 12.3. The van der Waals surface area contributed by atoms with E-state index < -0.39 is 23.0 Å². The van der Waals surface area contributed by atoms with Gasteiger partial charge in [-0.1, -0.05) is 47.5 Å². The molecule has 3 aliphatic rings. The molecule has 0 aromatic heterocycles. The molecule has 0 radical (unpaired) electrons. The Morgan fingerprint density at radius 2 is 1.19 bits per heavy atom. The number of rotatable bonds is 2. The van der Waals surface area contributed by atoms with E-state index in [-0.39, 0.29) is 16.3 Å². The number of aliphatic hydroxyl groups excluding tert-OH is 2. The first-order chi connectivity index (χ1) is 15.3. The van der Waals surface area contributed by atoms with E-state index >= 15 is 0 Å².